The van der Waals surface area contributed by atoms with Crippen LogP contribution in [0.3, 0.4) is 0 Å². The lowest BCUT2D eigenvalue weighted by atomic mass is 9.79. The highest BCUT2D eigenvalue weighted by molar-refractivity contribution is 5.98. The zero-order valence-corrected chi connectivity index (χ0v) is 23.3. The third kappa shape index (κ3) is 7.59. The van der Waals surface area contributed by atoms with E-state index >= 15 is 0 Å². The number of carbonyl (C=O) groups is 2. The Hall–Kier alpha value is -3.93. The Morgan fingerprint density at radius 1 is 1.05 bits per heavy atom. The van der Waals surface area contributed by atoms with Gasteiger partial charge in [0.15, 0.2) is 0 Å². The number of allylic oxidation sites excluding steroid dienone is 2. The molecule has 0 bridgehead atoms. The van der Waals surface area contributed by atoms with E-state index in [1.807, 2.05) is 31.2 Å². The first-order valence-corrected chi connectivity index (χ1v) is 12.5. The molecule has 40 heavy (non-hydrogen) atoms. The Balaban J connectivity index is 0.00000560. The summed E-state index contributed by atoms with van der Waals surface area (Å²) in [5, 5.41) is 44.8. The quantitative estimate of drug-likeness (QED) is 0.157. The summed E-state index contributed by atoms with van der Waals surface area (Å²) in [6, 6.07) is 12.9. The molecule has 0 spiro atoms. The van der Waals surface area contributed by atoms with Gasteiger partial charge in [0, 0.05) is 36.6 Å². The fourth-order valence-corrected chi connectivity index (χ4v) is 4.74. The Kier molecular flexibility index (Phi) is 11.7. The van der Waals surface area contributed by atoms with E-state index in [2.05, 4.69) is 5.32 Å². The molecule has 2 aromatic rings. The van der Waals surface area contributed by atoms with Crippen LogP contribution in [0, 0.1) is 17.0 Å². The first kappa shape index (κ1) is 32.3. The van der Waals surface area contributed by atoms with Crippen molar-refractivity contribution in [3.63, 3.8) is 0 Å². The second kappa shape index (κ2) is 14.5. The van der Waals surface area contributed by atoms with E-state index < -0.39 is 28.9 Å². The van der Waals surface area contributed by atoms with Crippen molar-refractivity contribution in [1.82, 2.24) is 10.2 Å². The van der Waals surface area contributed by atoms with Crippen LogP contribution < -0.4 is 10.1 Å². The molecule has 0 radical (unpaired) electrons. The highest BCUT2D eigenvalue weighted by Gasteiger charge is 2.39. The van der Waals surface area contributed by atoms with Crippen LogP contribution in [0.25, 0.3) is 0 Å². The molecule has 3 rings (SSSR count). The summed E-state index contributed by atoms with van der Waals surface area (Å²) < 4.78 is 5.66. The van der Waals surface area contributed by atoms with E-state index in [9.17, 15) is 35.0 Å². The van der Waals surface area contributed by atoms with Gasteiger partial charge in [0.25, 0.3) is 5.69 Å². The Morgan fingerprint density at radius 3 is 2.25 bits per heavy atom. The number of nitrogens with one attached hydrogen (secondary N) is 1. The van der Waals surface area contributed by atoms with E-state index in [1.165, 1.54) is 24.3 Å². The highest BCUT2D eigenvalue weighted by atomic mass is 35.5. The number of carboxylic acids is 2. The van der Waals surface area contributed by atoms with Crippen molar-refractivity contribution in [2.75, 3.05) is 26.2 Å². The van der Waals surface area contributed by atoms with E-state index in [-0.39, 0.29) is 48.0 Å². The largest absolute Gasteiger partial charge is 0.491 e. The number of hydrogen-bond donors (Lipinski definition) is 4. The van der Waals surface area contributed by atoms with Crippen molar-refractivity contribution in [3.05, 3.63) is 92.3 Å². The van der Waals surface area contributed by atoms with Gasteiger partial charge in [-0.05, 0) is 50.9 Å². The zero-order valence-electron chi connectivity index (χ0n) is 22.5. The van der Waals surface area contributed by atoms with Crippen LogP contribution >= 0.6 is 12.4 Å². The number of nitrogens with zero attached hydrogens (tertiary/aromatic N) is 2. The Labute approximate surface area is 238 Å². The van der Waals surface area contributed by atoms with E-state index in [4.69, 9.17) is 4.74 Å². The van der Waals surface area contributed by atoms with E-state index in [0.29, 0.717) is 36.7 Å². The molecule has 11 nitrogen and oxygen atoms in total. The van der Waals surface area contributed by atoms with Gasteiger partial charge in [-0.3, -0.25) is 10.1 Å². The van der Waals surface area contributed by atoms with Crippen molar-refractivity contribution in [3.8, 4) is 5.75 Å². The van der Waals surface area contributed by atoms with Crippen molar-refractivity contribution in [1.29, 1.82) is 0 Å². The van der Waals surface area contributed by atoms with Gasteiger partial charge >= 0.3 is 11.9 Å². The maximum Gasteiger partial charge on any atom is 0.334 e. The molecular formula is C28H34ClN3O8. The minimum Gasteiger partial charge on any atom is -0.491 e. The van der Waals surface area contributed by atoms with Crippen LogP contribution in [0.5, 0.6) is 5.75 Å². The number of halogens is 1. The molecule has 0 saturated carbocycles. The number of benzene rings is 2. The van der Waals surface area contributed by atoms with Gasteiger partial charge in [0.1, 0.15) is 18.5 Å². The van der Waals surface area contributed by atoms with Crippen LogP contribution in [0.4, 0.5) is 5.69 Å². The van der Waals surface area contributed by atoms with E-state index in [1.54, 1.807) is 18.7 Å². The minimum atomic E-state index is -1.30. The minimum absolute atomic E-state index is 0. The molecule has 12 heteroatoms. The van der Waals surface area contributed by atoms with Gasteiger partial charge in [-0.2, -0.15) is 0 Å². The molecule has 216 valence electrons. The van der Waals surface area contributed by atoms with Gasteiger partial charge in [0.05, 0.1) is 22.0 Å². The first-order valence-electron chi connectivity index (χ1n) is 12.5. The summed E-state index contributed by atoms with van der Waals surface area (Å²) in [4.78, 5) is 37.0. The van der Waals surface area contributed by atoms with Gasteiger partial charge in [-0.25, -0.2) is 9.59 Å². The van der Waals surface area contributed by atoms with E-state index in [0.717, 1.165) is 5.56 Å². The summed E-state index contributed by atoms with van der Waals surface area (Å²) in [6.07, 6.45) is -0.211. The predicted octanol–water partition coefficient (Wildman–Crippen LogP) is 3.86. The molecule has 2 aromatic carbocycles. The molecule has 1 aliphatic heterocycles. The van der Waals surface area contributed by atoms with Crippen molar-refractivity contribution < 1.29 is 34.6 Å². The fourth-order valence-electron chi connectivity index (χ4n) is 4.74. The standard InChI is InChI=1S/C28H33N3O8.ClH/c1-17-8-4-5-11-23(17)39-16-22(32)15-29-12-7-13-30-18(2)24(27(33)34)26(25(19(30)3)28(35)36)20-9-6-10-21(14-20)31(37)38;/h4-6,8-11,14,22,26,29,32H,7,12-13,15-16H2,1-3H3,(H,33,34)(H,35,36);1H. The van der Waals surface area contributed by atoms with Crippen molar-refractivity contribution in [2.24, 2.45) is 0 Å². The van der Waals surface area contributed by atoms with Gasteiger partial charge in [-0.15, -0.1) is 12.4 Å². The summed E-state index contributed by atoms with van der Waals surface area (Å²) in [5.74, 6) is -3.05. The lowest BCUT2D eigenvalue weighted by molar-refractivity contribution is -0.384. The number of nitro benzene ring substituents is 1. The lowest BCUT2D eigenvalue weighted by Crippen LogP contribution is -2.36. The van der Waals surface area contributed by atoms with Crippen LogP contribution in [0.2, 0.25) is 0 Å². The number of ether oxygens (including phenoxy) is 1. The molecule has 0 saturated heterocycles. The van der Waals surface area contributed by atoms with Crippen LogP contribution in [-0.2, 0) is 9.59 Å². The number of aliphatic hydroxyl groups excluding tert-OH is 1. The number of para-hydroxylation sites is 1. The number of hydrogen-bond acceptors (Lipinski definition) is 8. The molecule has 0 aliphatic carbocycles. The molecular weight excluding hydrogens is 542 g/mol. The second-order valence-electron chi connectivity index (χ2n) is 9.33. The maximum atomic E-state index is 12.3. The lowest BCUT2D eigenvalue weighted by Gasteiger charge is -2.37. The number of aryl methyl sites for hydroxylation is 1. The Morgan fingerprint density at radius 2 is 1.68 bits per heavy atom. The summed E-state index contributed by atoms with van der Waals surface area (Å²) in [7, 11) is 0. The van der Waals surface area contributed by atoms with Crippen LogP contribution in [-0.4, -0.2) is 69.4 Å². The third-order valence-electron chi connectivity index (χ3n) is 6.68. The summed E-state index contributed by atoms with van der Waals surface area (Å²) >= 11 is 0. The molecule has 1 heterocycles. The average molecular weight is 576 g/mol. The summed E-state index contributed by atoms with van der Waals surface area (Å²) in [6.45, 7) is 6.35. The zero-order chi connectivity index (χ0) is 28.7. The smallest absolute Gasteiger partial charge is 0.334 e. The number of nitro groups is 1. The highest BCUT2D eigenvalue weighted by Crippen LogP contribution is 2.42. The monoisotopic (exact) mass is 575 g/mol. The third-order valence-corrected chi connectivity index (χ3v) is 6.68. The fraction of sp³-hybridized carbons (Fsp3) is 0.357. The van der Waals surface area contributed by atoms with Crippen LogP contribution in [0.15, 0.2) is 71.1 Å². The molecule has 0 amide bonds. The Bertz CT molecular complexity index is 1270. The number of aliphatic carboxylic acids is 2. The summed E-state index contributed by atoms with van der Waals surface area (Å²) in [5.41, 5.74) is 1.39. The first-order chi connectivity index (χ1) is 18.5. The van der Waals surface area contributed by atoms with Crippen LogP contribution in [0.1, 0.15) is 37.3 Å². The number of non-ortho nitro benzene ring substituents is 1. The van der Waals surface area contributed by atoms with Crippen molar-refractivity contribution >= 4 is 30.0 Å². The number of carboxylic acid groups (broad SMARTS) is 2. The SMILES string of the molecule is CC1=C(C(=O)O)C(c2cccc([N+](=O)[O-])c2)C(C(=O)O)=C(C)N1CCCNCC(O)COc1ccccc1C.Cl. The maximum absolute atomic E-state index is 12.3. The number of aliphatic hydroxyl groups is 1. The molecule has 1 unspecified atom stereocenters. The second-order valence-corrected chi connectivity index (χ2v) is 9.33. The molecule has 0 fully saturated rings. The normalized spacial score (nSPS) is 14.6. The number of rotatable bonds is 13. The molecule has 1 aliphatic rings. The van der Waals surface area contributed by atoms with Crippen molar-refractivity contribution in [2.45, 2.75) is 39.2 Å². The molecule has 4 N–H and O–H groups in total. The average Bonchev–Trinajstić information content (AvgIpc) is 2.88. The molecule has 0 aromatic heterocycles. The topological polar surface area (TPSA) is 162 Å². The van der Waals surface area contributed by atoms with Gasteiger partial charge in [0.2, 0.25) is 0 Å². The van der Waals surface area contributed by atoms with Gasteiger partial charge < -0.3 is 30.3 Å². The predicted molar refractivity (Wildman–Crippen MR) is 151 cm³/mol. The van der Waals surface area contributed by atoms with Gasteiger partial charge in [-0.1, -0.05) is 30.3 Å². The molecule has 1 atom stereocenters.